The molecule has 82 valence electrons. The lowest BCUT2D eigenvalue weighted by atomic mass is 9.75. The highest BCUT2D eigenvalue weighted by molar-refractivity contribution is 6.48. The van der Waals surface area contributed by atoms with Crippen LogP contribution < -0.4 is 0 Å². The lowest BCUT2D eigenvalue weighted by molar-refractivity contribution is 0.245. The van der Waals surface area contributed by atoms with Gasteiger partial charge in [0.1, 0.15) is 0 Å². The van der Waals surface area contributed by atoms with Crippen LogP contribution in [0, 0.1) is 11.3 Å². The summed E-state index contributed by atoms with van der Waals surface area (Å²) >= 11 is 0. The summed E-state index contributed by atoms with van der Waals surface area (Å²) in [7, 11) is -0.893. The van der Waals surface area contributed by atoms with Gasteiger partial charge in [0, 0.05) is 6.42 Å². The van der Waals surface area contributed by atoms with Gasteiger partial charge < -0.3 is 4.43 Å². The van der Waals surface area contributed by atoms with Crippen LogP contribution in [0.5, 0.6) is 0 Å². The average molecular weight is 212 g/mol. The van der Waals surface area contributed by atoms with Crippen molar-refractivity contribution in [3.8, 4) is 0 Å². The van der Waals surface area contributed by atoms with Crippen LogP contribution in [0.1, 0.15) is 40.0 Å². The molecule has 0 aromatic carbocycles. The lowest BCUT2D eigenvalue weighted by Gasteiger charge is -2.32. The molecule has 0 amide bonds. The van der Waals surface area contributed by atoms with Crippen LogP contribution >= 0.6 is 0 Å². The summed E-state index contributed by atoms with van der Waals surface area (Å²) < 4.78 is 5.92. The number of hydrogen-bond donors (Lipinski definition) is 0. The molecule has 1 rings (SSSR count). The molecule has 0 saturated heterocycles. The zero-order valence-electron chi connectivity index (χ0n) is 10.3. The largest absolute Gasteiger partial charge is 0.550 e. The first-order valence-electron chi connectivity index (χ1n) is 5.77. The van der Waals surface area contributed by atoms with Gasteiger partial charge in [0.15, 0.2) is 0 Å². The fraction of sp³-hybridized carbons (Fsp3) is 0.833. The van der Waals surface area contributed by atoms with Gasteiger partial charge in [0.05, 0.1) is 5.76 Å². The molecule has 0 fully saturated rings. The molecule has 0 spiro atoms. The molecule has 0 heterocycles. The summed E-state index contributed by atoms with van der Waals surface area (Å²) in [6, 6.07) is 0. The van der Waals surface area contributed by atoms with Gasteiger partial charge in [-0.3, -0.25) is 0 Å². The minimum atomic E-state index is -0.893. The van der Waals surface area contributed by atoms with E-state index < -0.39 is 9.04 Å². The second-order valence-electron chi connectivity index (χ2n) is 5.66. The molecule has 1 nitrogen and oxygen atoms in total. The van der Waals surface area contributed by atoms with Gasteiger partial charge in [-0.2, -0.15) is 0 Å². The maximum Gasteiger partial charge on any atom is 0.229 e. The second-order valence-corrected chi connectivity index (χ2v) is 8.00. The molecule has 1 aliphatic rings. The van der Waals surface area contributed by atoms with Crippen molar-refractivity contribution in [3.05, 3.63) is 11.8 Å². The zero-order valence-corrected chi connectivity index (χ0v) is 11.4. The van der Waals surface area contributed by atoms with E-state index in [-0.39, 0.29) is 0 Å². The van der Waals surface area contributed by atoms with Gasteiger partial charge in [0.25, 0.3) is 0 Å². The van der Waals surface area contributed by atoms with E-state index in [2.05, 4.69) is 39.9 Å². The number of allylic oxidation sites excluding steroid dienone is 2. The van der Waals surface area contributed by atoms with E-state index in [1.165, 1.54) is 18.6 Å². The van der Waals surface area contributed by atoms with Crippen molar-refractivity contribution in [2.45, 2.75) is 53.1 Å². The van der Waals surface area contributed by atoms with E-state index in [9.17, 15) is 0 Å². The predicted molar refractivity (Wildman–Crippen MR) is 64.8 cm³/mol. The fourth-order valence-corrected chi connectivity index (χ4v) is 2.77. The Morgan fingerprint density at radius 2 is 2.00 bits per heavy atom. The van der Waals surface area contributed by atoms with E-state index in [4.69, 9.17) is 4.43 Å². The number of rotatable bonds is 2. The Balaban J connectivity index is 2.64. The summed E-state index contributed by atoms with van der Waals surface area (Å²) in [5, 5.41) is 0. The average Bonchev–Trinajstić information content (AvgIpc) is 2.01. The van der Waals surface area contributed by atoms with Crippen LogP contribution in [0.25, 0.3) is 0 Å². The van der Waals surface area contributed by atoms with Gasteiger partial charge in [-0.25, -0.2) is 0 Å². The van der Waals surface area contributed by atoms with Crippen LogP contribution in [-0.4, -0.2) is 9.04 Å². The highest BCUT2D eigenvalue weighted by Crippen LogP contribution is 2.36. The Labute approximate surface area is 90.3 Å². The zero-order chi connectivity index (χ0) is 10.8. The molecule has 14 heavy (non-hydrogen) atoms. The van der Waals surface area contributed by atoms with E-state index in [1.807, 2.05) is 0 Å². The third-order valence-electron chi connectivity index (χ3n) is 2.82. The fourth-order valence-electron chi connectivity index (χ4n) is 1.97. The van der Waals surface area contributed by atoms with Crippen molar-refractivity contribution in [2.24, 2.45) is 11.3 Å². The van der Waals surface area contributed by atoms with E-state index in [0.29, 0.717) is 11.3 Å². The van der Waals surface area contributed by atoms with Gasteiger partial charge >= 0.3 is 0 Å². The quantitative estimate of drug-likeness (QED) is 0.634. The minimum Gasteiger partial charge on any atom is -0.550 e. The second kappa shape index (κ2) is 4.52. The van der Waals surface area contributed by atoms with E-state index in [1.54, 1.807) is 0 Å². The Bertz CT molecular complexity index is 213. The Hall–Kier alpha value is -0.243. The first-order chi connectivity index (χ1) is 6.39. The molecule has 0 saturated carbocycles. The summed E-state index contributed by atoms with van der Waals surface area (Å²) in [4.78, 5) is 0. The van der Waals surface area contributed by atoms with E-state index in [0.717, 1.165) is 6.42 Å². The van der Waals surface area contributed by atoms with Crippen LogP contribution in [0.4, 0.5) is 0 Å². The van der Waals surface area contributed by atoms with Crippen molar-refractivity contribution >= 4 is 9.04 Å². The molecule has 1 aliphatic carbocycles. The van der Waals surface area contributed by atoms with Crippen molar-refractivity contribution in [3.63, 3.8) is 0 Å². The van der Waals surface area contributed by atoms with Crippen LogP contribution in [0.2, 0.25) is 13.1 Å². The first kappa shape index (κ1) is 11.8. The normalized spacial score (nSPS) is 23.6. The van der Waals surface area contributed by atoms with Gasteiger partial charge in [-0.15, -0.1) is 0 Å². The smallest absolute Gasteiger partial charge is 0.229 e. The third-order valence-corrected chi connectivity index (χ3v) is 3.60. The van der Waals surface area contributed by atoms with E-state index >= 15 is 0 Å². The highest BCUT2D eigenvalue weighted by atomic mass is 28.3. The van der Waals surface area contributed by atoms with Crippen molar-refractivity contribution in [1.82, 2.24) is 0 Å². The van der Waals surface area contributed by atoms with Crippen molar-refractivity contribution < 1.29 is 4.43 Å². The highest BCUT2D eigenvalue weighted by Gasteiger charge is 2.26. The Morgan fingerprint density at radius 3 is 2.50 bits per heavy atom. The SMILES string of the molecule is C[SiH](C)OC1=CC(C(C)(C)C)CCC1. The monoisotopic (exact) mass is 212 g/mol. The molecule has 0 radical (unpaired) electrons. The molecule has 0 N–H and O–H groups in total. The number of hydrogen-bond acceptors (Lipinski definition) is 1. The molecule has 0 aromatic rings. The summed E-state index contributed by atoms with van der Waals surface area (Å²) in [6.45, 7) is 11.4. The Morgan fingerprint density at radius 1 is 1.36 bits per heavy atom. The molecule has 0 aliphatic heterocycles. The first-order valence-corrected chi connectivity index (χ1v) is 8.55. The Kier molecular flexibility index (Phi) is 3.82. The lowest BCUT2D eigenvalue weighted by Crippen LogP contribution is -2.22. The minimum absolute atomic E-state index is 0.396. The van der Waals surface area contributed by atoms with Gasteiger partial charge in [-0.1, -0.05) is 20.8 Å². The molecule has 0 bridgehead atoms. The van der Waals surface area contributed by atoms with Gasteiger partial charge in [0.2, 0.25) is 9.04 Å². The van der Waals surface area contributed by atoms with Gasteiger partial charge in [-0.05, 0) is 43.3 Å². The topological polar surface area (TPSA) is 9.23 Å². The third kappa shape index (κ3) is 3.49. The summed E-state index contributed by atoms with van der Waals surface area (Å²) in [5.41, 5.74) is 0.396. The summed E-state index contributed by atoms with van der Waals surface area (Å²) in [6.07, 6.45) is 6.18. The molecular formula is C12H24OSi. The molecule has 2 heteroatoms. The molecule has 0 aromatic heterocycles. The molecule has 1 atom stereocenters. The van der Waals surface area contributed by atoms with Crippen LogP contribution in [-0.2, 0) is 4.43 Å². The summed E-state index contributed by atoms with van der Waals surface area (Å²) in [5.74, 6) is 1.98. The molecular weight excluding hydrogens is 188 g/mol. The van der Waals surface area contributed by atoms with Crippen molar-refractivity contribution in [1.29, 1.82) is 0 Å². The van der Waals surface area contributed by atoms with Crippen LogP contribution in [0.3, 0.4) is 0 Å². The maximum atomic E-state index is 5.92. The predicted octanol–water partition coefficient (Wildman–Crippen LogP) is 3.72. The van der Waals surface area contributed by atoms with Crippen LogP contribution in [0.15, 0.2) is 11.8 Å². The maximum absolute atomic E-state index is 5.92. The van der Waals surface area contributed by atoms with Crippen molar-refractivity contribution in [2.75, 3.05) is 0 Å². The molecule has 1 unspecified atom stereocenters. The standard InChI is InChI=1S/C12H24OSi/c1-12(2,3)10-7-6-8-11(9-10)13-14(4)5/h9-10,14H,6-8H2,1-5H3.